The van der Waals surface area contributed by atoms with E-state index in [2.05, 4.69) is 31.2 Å². The van der Waals surface area contributed by atoms with Crippen LogP contribution in [0.1, 0.15) is 71.1 Å². The van der Waals surface area contributed by atoms with E-state index in [9.17, 15) is 4.79 Å². The third-order valence-corrected chi connectivity index (χ3v) is 5.25. The standard InChI is InChI=1S/C20H32BO4/c1-2-3-4-5-6-9-12-16-17(19-15-18(16)24-21-25-19)13-10-7-8-11-14-20(22)23/h7,9-10,12,16-19H,2-6,8,11,13-15H2,1H3,(H,22,23). The van der Waals surface area contributed by atoms with Crippen LogP contribution in [-0.2, 0) is 14.1 Å². The van der Waals surface area contributed by atoms with Crippen molar-refractivity contribution in [1.29, 1.82) is 0 Å². The van der Waals surface area contributed by atoms with Gasteiger partial charge >= 0.3 is 13.7 Å². The average Bonchev–Trinajstić information content (AvgIpc) is 2.83. The SMILES string of the molecule is CCCCCCC=CC1C2CC(O[B]O2)C1CC=CCCCC(=O)O. The molecule has 4 unspecified atom stereocenters. The molecule has 0 aromatic heterocycles. The smallest absolute Gasteiger partial charge is 0.481 e. The second kappa shape index (κ2) is 11.5. The molecule has 2 bridgehead atoms. The quantitative estimate of drug-likeness (QED) is 0.317. The van der Waals surface area contributed by atoms with E-state index in [-0.39, 0.29) is 18.6 Å². The molecule has 1 heterocycles. The first-order valence-electron chi connectivity index (χ1n) is 9.88. The topological polar surface area (TPSA) is 55.8 Å². The van der Waals surface area contributed by atoms with Crippen molar-refractivity contribution in [2.75, 3.05) is 0 Å². The normalized spacial score (nSPS) is 28.7. The molecule has 1 aliphatic carbocycles. The highest BCUT2D eigenvalue weighted by Gasteiger charge is 2.45. The van der Waals surface area contributed by atoms with E-state index < -0.39 is 5.97 Å². The van der Waals surface area contributed by atoms with Crippen LogP contribution >= 0.6 is 0 Å². The molecule has 0 aromatic carbocycles. The molecule has 139 valence electrons. The molecule has 25 heavy (non-hydrogen) atoms. The molecular formula is C20H32BO4. The number of fused-ring (bicyclic) bond motifs is 2. The van der Waals surface area contributed by atoms with Gasteiger partial charge in [-0.25, -0.2) is 0 Å². The summed E-state index contributed by atoms with van der Waals surface area (Å²) in [6.45, 7) is 2.24. The molecule has 1 saturated heterocycles. The maximum Gasteiger partial charge on any atom is 0.488 e. The lowest BCUT2D eigenvalue weighted by atomic mass is 9.89. The number of carboxylic acid groups (broad SMARTS) is 1. The average molecular weight is 347 g/mol. The highest BCUT2D eigenvalue weighted by atomic mass is 16.6. The summed E-state index contributed by atoms with van der Waals surface area (Å²) in [5.41, 5.74) is 0. The highest BCUT2D eigenvalue weighted by molar-refractivity contribution is 6.18. The molecule has 0 spiro atoms. The zero-order valence-electron chi connectivity index (χ0n) is 15.4. The lowest BCUT2D eigenvalue weighted by molar-refractivity contribution is -0.137. The van der Waals surface area contributed by atoms with Crippen molar-refractivity contribution in [3.63, 3.8) is 0 Å². The van der Waals surface area contributed by atoms with Crippen LogP contribution in [0, 0.1) is 11.8 Å². The monoisotopic (exact) mass is 347 g/mol. The Morgan fingerprint density at radius 2 is 1.88 bits per heavy atom. The van der Waals surface area contributed by atoms with Gasteiger partial charge in [0.2, 0.25) is 0 Å². The number of aliphatic carboxylic acids is 1. The summed E-state index contributed by atoms with van der Waals surface area (Å²) in [4.78, 5) is 10.5. The second-order valence-electron chi connectivity index (χ2n) is 7.19. The fourth-order valence-electron chi connectivity index (χ4n) is 3.82. The van der Waals surface area contributed by atoms with Gasteiger partial charge in [-0.2, -0.15) is 0 Å². The number of rotatable bonds is 12. The lowest BCUT2D eigenvalue weighted by Gasteiger charge is -2.20. The number of hydrogen-bond donors (Lipinski definition) is 1. The number of allylic oxidation sites excluding steroid dienone is 3. The van der Waals surface area contributed by atoms with Crippen LogP contribution < -0.4 is 0 Å². The van der Waals surface area contributed by atoms with Gasteiger partial charge in [-0.3, -0.25) is 4.79 Å². The fourth-order valence-corrected chi connectivity index (χ4v) is 3.82. The lowest BCUT2D eigenvalue weighted by Crippen LogP contribution is -2.27. The van der Waals surface area contributed by atoms with Gasteiger partial charge in [-0.05, 0) is 44.4 Å². The summed E-state index contributed by atoms with van der Waals surface area (Å²) >= 11 is 0. The maximum absolute atomic E-state index is 10.5. The van der Waals surface area contributed by atoms with E-state index in [1.165, 1.54) is 33.4 Å². The molecule has 1 N–H and O–H groups in total. The van der Waals surface area contributed by atoms with Crippen LogP contribution in [0.3, 0.4) is 0 Å². The van der Waals surface area contributed by atoms with Crippen molar-refractivity contribution in [3.05, 3.63) is 24.3 Å². The first-order chi connectivity index (χ1) is 12.2. The Hall–Kier alpha value is -1.07. The van der Waals surface area contributed by atoms with Gasteiger partial charge < -0.3 is 14.4 Å². The van der Waals surface area contributed by atoms with E-state index in [1.807, 2.05) is 0 Å². The zero-order chi connectivity index (χ0) is 17.9. The molecular weight excluding hydrogens is 315 g/mol. The van der Waals surface area contributed by atoms with Gasteiger partial charge in [0, 0.05) is 18.4 Å². The van der Waals surface area contributed by atoms with Crippen molar-refractivity contribution in [1.82, 2.24) is 0 Å². The molecule has 4 nitrogen and oxygen atoms in total. The molecule has 1 aliphatic heterocycles. The van der Waals surface area contributed by atoms with Crippen LogP contribution in [0.2, 0.25) is 0 Å². The minimum absolute atomic E-state index is 0.244. The molecule has 2 fully saturated rings. The van der Waals surface area contributed by atoms with Gasteiger partial charge in [0.05, 0.1) is 6.10 Å². The Labute approximate surface area is 153 Å². The Balaban J connectivity index is 1.78. The highest BCUT2D eigenvalue weighted by Crippen LogP contribution is 2.41. The van der Waals surface area contributed by atoms with Crippen molar-refractivity contribution in [2.24, 2.45) is 11.8 Å². The van der Waals surface area contributed by atoms with Crippen molar-refractivity contribution in [2.45, 2.75) is 83.3 Å². The van der Waals surface area contributed by atoms with Crippen molar-refractivity contribution < 1.29 is 19.2 Å². The Kier molecular flexibility index (Phi) is 9.34. The molecule has 0 aromatic rings. The zero-order valence-corrected chi connectivity index (χ0v) is 15.4. The number of carboxylic acids is 1. The molecule has 2 aliphatic rings. The summed E-state index contributed by atoms with van der Waals surface area (Å²) in [7, 11) is 1.53. The summed E-state index contributed by atoms with van der Waals surface area (Å²) in [6.07, 6.45) is 19.5. The third kappa shape index (κ3) is 6.98. The van der Waals surface area contributed by atoms with Crippen LogP contribution in [0.5, 0.6) is 0 Å². The summed E-state index contributed by atoms with van der Waals surface area (Å²) < 4.78 is 11.4. The van der Waals surface area contributed by atoms with Gasteiger partial charge in [0.15, 0.2) is 0 Å². The van der Waals surface area contributed by atoms with Crippen LogP contribution in [-0.4, -0.2) is 31.0 Å². The van der Waals surface area contributed by atoms with Crippen molar-refractivity contribution in [3.8, 4) is 0 Å². The van der Waals surface area contributed by atoms with E-state index in [0.717, 1.165) is 25.7 Å². The number of carbonyl (C=O) groups is 1. The maximum atomic E-state index is 10.5. The fraction of sp³-hybridized carbons (Fsp3) is 0.750. The minimum Gasteiger partial charge on any atom is -0.481 e. The van der Waals surface area contributed by atoms with Gasteiger partial charge in [0.25, 0.3) is 0 Å². The Bertz CT molecular complexity index is 449. The molecule has 5 heteroatoms. The Morgan fingerprint density at radius 3 is 2.68 bits per heavy atom. The number of hydrogen-bond acceptors (Lipinski definition) is 3. The van der Waals surface area contributed by atoms with Gasteiger partial charge in [0.1, 0.15) is 0 Å². The Morgan fingerprint density at radius 1 is 1.08 bits per heavy atom. The van der Waals surface area contributed by atoms with E-state index in [4.69, 9.17) is 14.4 Å². The summed E-state index contributed by atoms with van der Waals surface area (Å²) in [6, 6.07) is 0. The summed E-state index contributed by atoms with van der Waals surface area (Å²) in [5, 5.41) is 8.66. The van der Waals surface area contributed by atoms with Crippen LogP contribution in [0.25, 0.3) is 0 Å². The van der Waals surface area contributed by atoms with Gasteiger partial charge in [-0.1, -0.05) is 50.5 Å². The van der Waals surface area contributed by atoms with E-state index >= 15 is 0 Å². The first kappa shape index (κ1) is 20.2. The second-order valence-corrected chi connectivity index (χ2v) is 7.19. The van der Waals surface area contributed by atoms with Crippen molar-refractivity contribution >= 4 is 13.7 Å². The molecule has 2 rings (SSSR count). The first-order valence-corrected chi connectivity index (χ1v) is 9.88. The molecule has 0 amide bonds. The van der Waals surface area contributed by atoms with Gasteiger partial charge in [-0.15, -0.1) is 0 Å². The van der Waals surface area contributed by atoms with Crippen LogP contribution in [0.4, 0.5) is 0 Å². The van der Waals surface area contributed by atoms with E-state index in [1.54, 1.807) is 0 Å². The molecule has 1 radical (unpaired) electrons. The van der Waals surface area contributed by atoms with E-state index in [0.29, 0.717) is 18.3 Å². The number of unbranched alkanes of at least 4 members (excludes halogenated alkanes) is 5. The predicted octanol–water partition coefficient (Wildman–Crippen LogP) is 4.67. The molecule has 4 atom stereocenters. The third-order valence-electron chi connectivity index (χ3n) is 5.25. The largest absolute Gasteiger partial charge is 0.488 e. The predicted molar refractivity (Wildman–Crippen MR) is 100 cm³/mol. The summed E-state index contributed by atoms with van der Waals surface area (Å²) in [5.74, 6) is 0.146. The molecule has 1 saturated carbocycles. The van der Waals surface area contributed by atoms with Crippen LogP contribution in [0.15, 0.2) is 24.3 Å². The minimum atomic E-state index is -0.719.